The molecule has 0 bridgehead atoms. The highest BCUT2D eigenvalue weighted by molar-refractivity contribution is 6.32. The van der Waals surface area contributed by atoms with Gasteiger partial charge in [0.25, 0.3) is 0 Å². The van der Waals surface area contributed by atoms with Gasteiger partial charge >= 0.3 is 5.97 Å². The number of nitrogens with zero attached hydrogens (tertiary/aromatic N) is 4. The van der Waals surface area contributed by atoms with Gasteiger partial charge in [0.2, 0.25) is 0 Å². The normalized spacial score (nSPS) is 10.6. The molecule has 0 saturated carbocycles. The Hall–Kier alpha value is -2.93. The van der Waals surface area contributed by atoms with Crippen LogP contribution in [0.4, 0.5) is 0 Å². The highest BCUT2D eigenvalue weighted by atomic mass is 35.5. The molecule has 0 fully saturated rings. The summed E-state index contributed by atoms with van der Waals surface area (Å²) in [6.07, 6.45) is 4.24. The van der Waals surface area contributed by atoms with E-state index in [1.54, 1.807) is 42.7 Å². The fourth-order valence-electron chi connectivity index (χ4n) is 2.31. The molecule has 0 atom stereocenters. The Morgan fingerprint density at radius 3 is 2.62 bits per heavy atom. The molecule has 0 radical (unpaired) electrons. The van der Waals surface area contributed by atoms with E-state index in [1.807, 2.05) is 6.92 Å². The quantitative estimate of drug-likeness (QED) is 0.659. The molecule has 8 heteroatoms. The van der Waals surface area contributed by atoms with Crippen LogP contribution >= 0.6 is 11.6 Å². The largest absolute Gasteiger partial charge is 0.495 e. The minimum absolute atomic E-state index is 0.285. The third kappa shape index (κ3) is 3.83. The van der Waals surface area contributed by atoms with Gasteiger partial charge in [0, 0.05) is 29.9 Å². The average molecular weight is 373 g/mol. The van der Waals surface area contributed by atoms with Crippen LogP contribution in [0.15, 0.2) is 42.7 Å². The Morgan fingerprint density at radius 2 is 1.96 bits per heavy atom. The molecule has 2 aromatic heterocycles. The van der Waals surface area contributed by atoms with Gasteiger partial charge in [-0.1, -0.05) is 23.4 Å². The molecule has 2 heterocycles. The number of rotatable bonds is 6. The second-order valence-electron chi connectivity index (χ2n) is 5.43. The van der Waals surface area contributed by atoms with Crippen LogP contribution in [0.2, 0.25) is 5.02 Å². The highest BCUT2D eigenvalue weighted by Gasteiger charge is 2.18. The van der Waals surface area contributed by atoms with Crippen molar-refractivity contribution in [1.29, 1.82) is 0 Å². The summed E-state index contributed by atoms with van der Waals surface area (Å²) in [5.74, 6) is 0.933. The number of carbonyl (C=O) groups is 1. The number of ether oxygens (including phenoxy) is 1. The molecular formula is C18H17ClN4O3. The van der Waals surface area contributed by atoms with E-state index in [0.717, 1.165) is 10.4 Å². The van der Waals surface area contributed by atoms with Crippen molar-refractivity contribution in [3.63, 3.8) is 0 Å². The number of carbonyl (C=O) groups excluding carboxylic acids is 1. The number of hydrogen-bond donors (Lipinski definition) is 0. The van der Waals surface area contributed by atoms with Crippen molar-refractivity contribution in [3.8, 4) is 28.5 Å². The molecule has 3 rings (SSSR count). The van der Waals surface area contributed by atoms with Gasteiger partial charge in [-0.2, -0.15) is 0 Å². The van der Waals surface area contributed by atoms with Crippen LogP contribution in [-0.2, 0) is 4.79 Å². The van der Waals surface area contributed by atoms with Crippen molar-refractivity contribution < 1.29 is 14.4 Å². The van der Waals surface area contributed by atoms with Crippen LogP contribution in [-0.4, -0.2) is 33.0 Å². The number of benzene rings is 1. The van der Waals surface area contributed by atoms with Crippen LogP contribution in [0.3, 0.4) is 0 Å². The average Bonchev–Trinajstić information content (AvgIpc) is 3.06. The van der Waals surface area contributed by atoms with Gasteiger partial charge in [-0.15, -0.1) is 5.10 Å². The van der Waals surface area contributed by atoms with Crippen LogP contribution in [0, 0.1) is 0 Å². The Balaban J connectivity index is 2.05. The lowest BCUT2D eigenvalue weighted by atomic mass is 10.2. The maximum absolute atomic E-state index is 11.9. The van der Waals surface area contributed by atoms with Gasteiger partial charge in [-0.25, -0.2) is 9.78 Å². The third-order valence-electron chi connectivity index (χ3n) is 3.57. The van der Waals surface area contributed by atoms with Gasteiger partial charge in [-0.05, 0) is 36.8 Å². The van der Waals surface area contributed by atoms with Crippen molar-refractivity contribution in [2.24, 2.45) is 0 Å². The molecule has 26 heavy (non-hydrogen) atoms. The molecule has 0 aliphatic carbocycles. The Kier molecular flexibility index (Phi) is 5.48. The SMILES string of the molecule is CCCC(=O)On1nc(-c2ccncc2)nc1-c1ccc(OC)c(Cl)c1. The Bertz CT molecular complexity index is 912. The molecule has 0 unspecified atom stereocenters. The zero-order valence-electron chi connectivity index (χ0n) is 14.3. The van der Waals surface area contributed by atoms with Crippen molar-refractivity contribution in [2.75, 3.05) is 7.11 Å². The summed E-state index contributed by atoms with van der Waals surface area (Å²) in [5, 5.41) is 4.73. The van der Waals surface area contributed by atoms with E-state index < -0.39 is 0 Å². The smallest absolute Gasteiger partial charge is 0.335 e. The zero-order valence-corrected chi connectivity index (χ0v) is 15.1. The summed E-state index contributed by atoms with van der Waals surface area (Å²) in [5.41, 5.74) is 1.40. The fourth-order valence-corrected chi connectivity index (χ4v) is 2.57. The molecule has 134 valence electrons. The van der Waals surface area contributed by atoms with Crippen molar-refractivity contribution in [1.82, 2.24) is 19.9 Å². The number of halogens is 1. The topological polar surface area (TPSA) is 79.1 Å². The van der Waals surface area contributed by atoms with E-state index >= 15 is 0 Å². The number of aromatic nitrogens is 4. The summed E-state index contributed by atoms with van der Waals surface area (Å²) in [7, 11) is 1.54. The lowest BCUT2D eigenvalue weighted by molar-refractivity contribution is -0.145. The second-order valence-corrected chi connectivity index (χ2v) is 5.84. The van der Waals surface area contributed by atoms with E-state index in [4.69, 9.17) is 21.2 Å². The Labute approximate surface area is 155 Å². The van der Waals surface area contributed by atoms with Crippen LogP contribution in [0.1, 0.15) is 19.8 Å². The summed E-state index contributed by atoms with van der Waals surface area (Å²) in [6, 6.07) is 8.73. The first-order valence-corrected chi connectivity index (χ1v) is 8.42. The van der Waals surface area contributed by atoms with Crippen molar-refractivity contribution >= 4 is 17.6 Å². The van der Waals surface area contributed by atoms with E-state index in [9.17, 15) is 4.79 Å². The molecule has 3 aromatic rings. The molecule has 0 spiro atoms. The molecule has 0 amide bonds. The maximum Gasteiger partial charge on any atom is 0.335 e. The van der Waals surface area contributed by atoms with Gasteiger partial charge in [0.15, 0.2) is 11.6 Å². The molecule has 0 N–H and O–H groups in total. The van der Waals surface area contributed by atoms with E-state index in [2.05, 4.69) is 15.1 Å². The summed E-state index contributed by atoms with van der Waals surface area (Å²) in [4.78, 5) is 26.9. The predicted molar refractivity (Wildman–Crippen MR) is 96.7 cm³/mol. The first-order valence-electron chi connectivity index (χ1n) is 8.05. The molecule has 1 aromatic carbocycles. The number of hydrogen-bond acceptors (Lipinski definition) is 6. The van der Waals surface area contributed by atoms with E-state index in [-0.39, 0.29) is 12.4 Å². The third-order valence-corrected chi connectivity index (χ3v) is 3.86. The lowest BCUT2D eigenvalue weighted by Crippen LogP contribution is -2.21. The molecule has 0 saturated heterocycles. The highest BCUT2D eigenvalue weighted by Crippen LogP contribution is 2.30. The Morgan fingerprint density at radius 1 is 1.19 bits per heavy atom. The first kappa shape index (κ1) is 17.9. The fraction of sp³-hybridized carbons (Fsp3) is 0.222. The van der Waals surface area contributed by atoms with E-state index in [1.165, 1.54) is 7.11 Å². The monoisotopic (exact) mass is 372 g/mol. The van der Waals surface area contributed by atoms with Crippen molar-refractivity contribution in [2.45, 2.75) is 19.8 Å². The van der Waals surface area contributed by atoms with Gasteiger partial charge in [0.05, 0.1) is 12.1 Å². The van der Waals surface area contributed by atoms with E-state index in [0.29, 0.717) is 34.4 Å². The molecule has 7 nitrogen and oxygen atoms in total. The maximum atomic E-state index is 11.9. The summed E-state index contributed by atoms with van der Waals surface area (Å²) < 4.78 is 5.17. The van der Waals surface area contributed by atoms with Gasteiger partial charge in [-0.3, -0.25) is 4.98 Å². The standard InChI is InChI=1S/C18H17ClN4O3/c1-3-4-16(24)26-23-18(13-5-6-15(25-2)14(19)11-13)21-17(22-23)12-7-9-20-10-8-12/h5-11H,3-4H2,1-2H3. The van der Waals surface area contributed by atoms with Crippen LogP contribution in [0.25, 0.3) is 22.8 Å². The summed E-state index contributed by atoms with van der Waals surface area (Å²) >= 11 is 6.21. The van der Waals surface area contributed by atoms with Gasteiger partial charge < -0.3 is 9.57 Å². The number of methoxy groups -OCH3 is 1. The van der Waals surface area contributed by atoms with Crippen LogP contribution in [0.5, 0.6) is 5.75 Å². The van der Waals surface area contributed by atoms with Gasteiger partial charge in [0.1, 0.15) is 5.75 Å². The molecule has 0 aliphatic rings. The number of pyridine rings is 1. The first-order chi connectivity index (χ1) is 12.6. The van der Waals surface area contributed by atoms with Crippen molar-refractivity contribution in [3.05, 3.63) is 47.7 Å². The summed E-state index contributed by atoms with van der Waals surface area (Å²) in [6.45, 7) is 1.90. The van der Waals surface area contributed by atoms with Crippen LogP contribution < -0.4 is 9.57 Å². The minimum atomic E-state index is -0.389. The molecular weight excluding hydrogens is 356 g/mol. The second kappa shape index (κ2) is 7.97. The minimum Gasteiger partial charge on any atom is -0.495 e. The lowest BCUT2D eigenvalue weighted by Gasteiger charge is -2.07. The molecule has 0 aliphatic heterocycles. The predicted octanol–water partition coefficient (Wildman–Crippen LogP) is 3.42. The zero-order chi connectivity index (χ0) is 18.5.